The van der Waals surface area contributed by atoms with E-state index in [0.29, 0.717) is 0 Å². The minimum atomic E-state index is 0.100. The third-order valence-electron chi connectivity index (χ3n) is 1.33. The van der Waals surface area contributed by atoms with Gasteiger partial charge in [0.15, 0.2) is 5.78 Å². The lowest BCUT2D eigenvalue weighted by molar-refractivity contribution is -0.113. The molecule has 0 atom stereocenters. The molecular weight excluding hydrogens is 126 g/mol. The summed E-state index contributed by atoms with van der Waals surface area (Å²) in [5.74, 6) is 0.100. The Morgan fingerprint density at radius 1 is 1.30 bits per heavy atom. The Morgan fingerprint density at radius 3 is 2.10 bits per heavy atom. The first-order chi connectivity index (χ1) is 4.57. The van der Waals surface area contributed by atoms with Gasteiger partial charge in [-0.2, -0.15) is 0 Å². The van der Waals surface area contributed by atoms with E-state index in [1.807, 2.05) is 6.92 Å². The van der Waals surface area contributed by atoms with Gasteiger partial charge in [0.2, 0.25) is 0 Å². The Bertz CT molecular complexity index is 189. The fourth-order valence-corrected chi connectivity index (χ4v) is 0.480. The van der Waals surface area contributed by atoms with Gasteiger partial charge in [0.05, 0.1) is 0 Å². The van der Waals surface area contributed by atoms with Gasteiger partial charge in [-0.15, -0.1) is 0 Å². The normalized spacial score (nSPS) is 13.6. The van der Waals surface area contributed by atoms with Gasteiger partial charge in [-0.05, 0) is 32.4 Å². The zero-order valence-electron chi connectivity index (χ0n) is 6.93. The van der Waals surface area contributed by atoms with Crippen LogP contribution in [0.2, 0.25) is 0 Å². The molecule has 0 aromatic carbocycles. The van der Waals surface area contributed by atoms with Gasteiger partial charge >= 0.3 is 0 Å². The number of hydrogen-bond donors (Lipinski definition) is 0. The summed E-state index contributed by atoms with van der Waals surface area (Å²) in [5.41, 5.74) is 1.64. The molecule has 0 rings (SSSR count). The number of ketones is 1. The van der Waals surface area contributed by atoms with E-state index in [9.17, 15) is 4.79 Å². The molecule has 0 spiro atoms. The zero-order valence-corrected chi connectivity index (χ0v) is 6.93. The largest absolute Gasteiger partial charge is 0.295 e. The zero-order chi connectivity index (χ0) is 8.15. The Labute approximate surface area is 61.7 Å². The molecular formula is C8H13NO. The molecule has 0 bridgehead atoms. The number of Topliss-reactive ketones (excluding diaryl/α,β-unsaturated/α-hetero) is 1. The van der Waals surface area contributed by atoms with Crippen LogP contribution in [0.1, 0.15) is 20.8 Å². The Kier molecular flexibility index (Phi) is 3.62. The number of aliphatic imine (C=N–C) groups is 1. The van der Waals surface area contributed by atoms with Gasteiger partial charge in [0.25, 0.3) is 0 Å². The standard InChI is InChI=1S/C8H13NO/c1-6(8(3)10)5-7(2)9-4/h5H,1-4H3. The Morgan fingerprint density at radius 2 is 1.80 bits per heavy atom. The molecule has 0 heterocycles. The summed E-state index contributed by atoms with van der Waals surface area (Å²) < 4.78 is 0. The highest BCUT2D eigenvalue weighted by molar-refractivity contribution is 6.02. The predicted octanol–water partition coefficient (Wildman–Crippen LogP) is 1.61. The number of nitrogens with zero attached hydrogens (tertiary/aromatic N) is 1. The van der Waals surface area contributed by atoms with Crippen LogP contribution in [0.15, 0.2) is 16.6 Å². The fraction of sp³-hybridized carbons (Fsp3) is 0.500. The lowest BCUT2D eigenvalue weighted by Gasteiger charge is -1.92. The smallest absolute Gasteiger partial charge is 0.155 e. The monoisotopic (exact) mass is 139 g/mol. The number of allylic oxidation sites excluding steroid dienone is 2. The molecule has 56 valence electrons. The van der Waals surface area contributed by atoms with Crippen molar-refractivity contribution in [1.29, 1.82) is 0 Å². The Hall–Kier alpha value is -0.920. The molecule has 10 heavy (non-hydrogen) atoms. The van der Waals surface area contributed by atoms with Crippen molar-refractivity contribution >= 4 is 11.5 Å². The minimum absolute atomic E-state index is 0.100. The average Bonchev–Trinajstić information content (AvgIpc) is 1.87. The molecule has 0 aromatic heterocycles. The molecule has 0 N–H and O–H groups in total. The second-order valence-electron chi connectivity index (χ2n) is 2.25. The summed E-state index contributed by atoms with van der Waals surface area (Å²) in [6.45, 7) is 5.21. The highest BCUT2D eigenvalue weighted by Gasteiger charge is 1.94. The van der Waals surface area contributed by atoms with Crippen LogP contribution >= 0.6 is 0 Å². The molecule has 0 amide bonds. The highest BCUT2D eigenvalue weighted by Crippen LogP contribution is 1.94. The number of rotatable bonds is 2. The second kappa shape index (κ2) is 3.99. The molecule has 2 heteroatoms. The van der Waals surface area contributed by atoms with Crippen molar-refractivity contribution in [2.24, 2.45) is 4.99 Å². The van der Waals surface area contributed by atoms with E-state index in [4.69, 9.17) is 0 Å². The maximum absolute atomic E-state index is 10.7. The van der Waals surface area contributed by atoms with Crippen LogP contribution in [-0.4, -0.2) is 18.5 Å². The summed E-state index contributed by atoms with van der Waals surface area (Å²) in [6.07, 6.45) is 1.78. The van der Waals surface area contributed by atoms with E-state index in [2.05, 4.69) is 4.99 Å². The molecule has 0 saturated heterocycles. The molecule has 0 saturated carbocycles. The van der Waals surface area contributed by atoms with Crippen molar-refractivity contribution < 1.29 is 4.79 Å². The molecule has 0 aliphatic rings. The average molecular weight is 139 g/mol. The van der Waals surface area contributed by atoms with E-state index in [1.165, 1.54) is 0 Å². The van der Waals surface area contributed by atoms with Gasteiger partial charge in [0, 0.05) is 12.8 Å². The van der Waals surface area contributed by atoms with Crippen LogP contribution in [0.5, 0.6) is 0 Å². The molecule has 0 unspecified atom stereocenters. The summed E-state index contributed by atoms with van der Waals surface area (Å²) in [6, 6.07) is 0. The van der Waals surface area contributed by atoms with E-state index in [1.54, 1.807) is 27.0 Å². The van der Waals surface area contributed by atoms with Crippen LogP contribution in [0, 0.1) is 0 Å². The van der Waals surface area contributed by atoms with Gasteiger partial charge in [0.1, 0.15) is 0 Å². The maximum atomic E-state index is 10.7. The van der Waals surface area contributed by atoms with Gasteiger partial charge in [-0.3, -0.25) is 9.79 Å². The topological polar surface area (TPSA) is 29.4 Å². The lowest BCUT2D eigenvalue weighted by Crippen LogP contribution is -1.95. The van der Waals surface area contributed by atoms with Crippen LogP contribution < -0.4 is 0 Å². The number of carbonyl (C=O) groups is 1. The molecule has 0 aliphatic heterocycles. The molecule has 0 radical (unpaired) electrons. The van der Waals surface area contributed by atoms with Crippen molar-refractivity contribution in [2.75, 3.05) is 7.05 Å². The number of hydrogen-bond acceptors (Lipinski definition) is 2. The number of carbonyl (C=O) groups excluding carboxylic acids is 1. The third kappa shape index (κ3) is 3.17. The first-order valence-electron chi connectivity index (χ1n) is 3.20. The highest BCUT2D eigenvalue weighted by atomic mass is 16.1. The van der Waals surface area contributed by atoms with Crippen molar-refractivity contribution in [1.82, 2.24) is 0 Å². The predicted molar refractivity (Wildman–Crippen MR) is 43.5 cm³/mol. The first-order valence-corrected chi connectivity index (χ1v) is 3.20. The van der Waals surface area contributed by atoms with E-state index < -0.39 is 0 Å². The molecule has 2 nitrogen and oxygen atoms in total. The van der Waals surface area contributed by atoms with Gasteiger partial charge < -0.3 is 0 Å². The Balaban J connectivity index is 4.31. The van der Waals surface area contributed by atoms with E-state index in [-0.39, 0.29) is 5.78 Å². The lowest BCUT2D eigenvalue weighted by atomic mass is 10.2. The minimum Gasteiger partial charge on any atom is -0.295 e. The van der Waals surface area contributed by atoms with E-state index in [0.717, 1.165) is 11.3 Å². The third-order valence-corrected chi connectivity index (χ3v) is 1.33. The van der Waals surface area contributed by atoms with Crippen molar-refractivity contribution in [3.8, 4) is 0 Å². The summed E-state index contributed by atoms with van der Waals surface area (Å²) in [4.78, 5) is 14.6. The van der Waals surface area contributed by atoms with Crippen LogP contribution in [-0.2, 0) is 4.79 Å². The van der Waals surface area contributed by atoms with Crippen LogP contribution in [0.25, 0.3) is 0 Å². The fourth-order valence-electron chi connectivity index (χ4n) is 0.480. The van der Waals surface area contributed by atoms with E-state index >= 15 is 0 Å². The first kappa shape index (κ1) is 9.08. The maximum Gasteiger partial charge on any atom is 0.155 e. The van der Waals surface area contributed by atoms with Crippen molar-refractivity contribution in [2.45, 2.75) is 20.8 Å². The van der Waals surface area contributed by atoms with Crippen molar-refractivity contribution in [3.63, 3.8) is 0 Å². The van der Waals surface area contributed by atoms with Crippen LogP contribution in [0.4, 0.5) is 0 Å². The van der Waals surface area contributed by atoms with Gasteiger partial charge in [-0.25, -0.2) is 0 Å². The SMILES string of the molecule is CN=C(C)C=C(C)C(C)=O. The summed E-state index contributed by atoms with van der Waals surface area (Å²) >= 11 is 0. The van der Waals surface area contributed by atoms with Gasteiger partial charge in [-0.1, -0.05) is 0 Å². The van der Waals surface area contributed by atoms with Crippen molar-refractivity contribution in [3.05, 3.63) is 11.6 Å². The molecule has 0 fully saturated rings. The van der Waals surface area contributed by atoms with Crippen LogP contribution in [0.3, 0.4) is 0 Å². The summed E-state index contributed by atoms with van der Waals surface area (Å²) in [5, 5.41) is 0. The quantitative estimate of drug-likeness (QED) is 0.422. The molecule has 0 aliphatic carbocycles. The second-order valence-corrected chi connectivity index (χ2v) is 2.25. The molecule has 0 aromatic rings. The summed E-state index contributed by atoms with van der Waals surface area (Å²) in [7, 11) is 1.71.